The van der Waals surface area contributed by atoms with Crippen LogP contribution in [-0.2, 0) is 12.8 Å². The lowest BCUT2D eigenvalue weighted by atomic mass is 10.1. The zero-order chi connectivity index (χ0) is 19.7. The summed E-state index contributed by atoms with van der Waals surface area (Å²) in [4.78, 5) is 4.76. The van der Waals surface area contributed by atoms with E-state index < -0.39 is 0 Å². The molecule has 0 unspecified atom stereocenters. The van der Waals surface area contributed by atoms with E-state index in [1.807, 2.05) is 17.7 Å². The van der Waals surface area contributed by atoms with Crippen LogP contribution >= 0.6 is 46.3 Å². The summed E-state index contributed by atoms with van der Waals surface area (Å²) in [5.74, 6) is 1.48. The highest BCUT2D eigenvalue weighted by atomic mass is 35.5. The Bertz CT molecular complexity index is 1140. The average Bonchev–Trinajstić information content (AvgIpc) is 3.29. The van der Waals surface area contributed by atoms with E-state index in [2.05, 4.69) is 46.8 Å². The van der Waals surface area contributed by atoms with Gasteiger partial charge in [-0.15, -0.1) is 21.5 Å². The minimum absolute atomic E-state index is 0.502. The van der Waals surface area contributed by atoms with Crippen LogP contribution in [0.1, 0.15) is 11.3 Å². The summed E-state index contributed by atoms with van der Waals surface area (Å²) >= 11 is 15.4. The van der Waals surface area contributed by atoms with Crippen LogP contribution in [0.2, 0.25) is 10.0 Å². The van der Waals surface area contributed by atoms with Crippen molar-refractivity contribution in [1.82, 2.24) is 19.7 Å². The third-order valence-corrected chi connectivity index (χ3v) is 6.91. The Morgan fingerprint density at radius 3 is 2.68 bits per heavy atom. The van der Waals surface area contributed by atoms with E-state index in [9.17, 15) is 0 Å². The van der Waals surface area contributed by atoms with Gasteiger partial charge in [0, 0.05) is 29.3 Å². The molecule has 0 N–H and O–H groups in total. The molecule has 2 aromatic carbocycles. The predicted molar refractivity (Wildman–Crippen MR) is 118 cm³/mol. The van der Waals surface area contributed by atoms with Gasteiger partial charge in [0.15, 0.2) is 11.0 Å². The minimum atomic E-state index is 0.502. The molecule has 0 aliphatic heterocycles. The van der Waals surface area contributed by atoms with E-state index >= 15 is 0 Å². The first-order valence-electron chi connectivity index (χ1n) is 8.50. The number of thiazole rings is 1. The highest BCUT2D eigenvalue weighted by Gasteiger charge is 2.13. The number of hydrogen-bond donors (Lipinski definition) is 0. The maximum absolute atomic E-state index is 6.12. The number of nitrogens with zero attached hydrogens (tertiary/aromatic N) is 4. The molecule has 2 aromatic heterocycles. The molecule has 0 saturated carbocycles. The van der Waals surface area contributed by atoms with E-state index in [1.54, 1.807) is 35.2 Å². The van der Waals surface area contributed by atoms with Crippen molar-refractivity contribution in [3.63, 3.8) is 0 Å². The first kappa shape index (κ1) is 19.5. The molecule has 8 heteroatoms. The number of aromatic nitrogens is 4. The molecule has 0 atom stereocenters. The van der Waals surface area contributed by atoms with Gasteiger partial charge in [-0.2, -0.15) is 0 Å². The zero-order valence-corrected chi connectivity index (χ0v) is 18.3. The quantitative estimate of drug-likeness (QED) is 0.327. The van der Waals surface area contributed by atoms with Gasteiger partial charge in [0.1, 0.15) is 5.01 Å². The van der Waals surface area contributed by atoms with Crippen molar-refractivity contribution < 1.29 is 0 Å². The Labute approximate surface area is 181 Å². The predicted octanol–water partition coefficient (Wildman–Crippen LogP) is 6.51. The summed E-state index contributed by atoms with van der Waals surface area (Å²) in [5.41, 5.74) is 4.30. The Balaban J connectivity index is 1.49. The number of hydrogen-bond acceptors (Lipinski definition) is 5. The van der Waals surface area contributed by atoms with Crippen molar-refractivity contribution in [2.75, 3.05) is 0 Å². The Kier molecular flexibility index (Phi) is 5.73. The fourth-order valence-electron chi connectivity index (χ4n) is 2.75. The third-order valence-electron chi connectivity index (χ3n) is 4.18. The molecule has 0 amide bonds. The number of rotatable bonds is 5. The molecular weight excluding hydrogens is 431 g/mol. The Morgan fingerprint density at radius 2 is 1.89 bits per heavy atom. The molecule has 142 valence electrons. The smallest absolute Gasteiger partial charge is 0.191 e. The summed E-state index contributed by atoms with van der Waals surface area (Å²) in [5, 5.41) is 13.6. The van der Waals surface area contributed by atoms with Crippen LogP contribution in [0.5, 0.6) is 0 Å². The third kappa shape index (κ3) is 4.10. The molecule has 0 saturated heterocycles. The summed E-state index contributed by atoms with van der Waals surface area (Å²) < 4.78 is 1.96. The SMILES string of the molecule is Cc1cccc(-c2nc(CSc3nnc(-c4ccc(Cl)c(Cl)c4)n3C)cs2)c1. The summed E-state index contributed by atoms with van der Waals surface area (Å²) in [6.07, 6.45) is 0. The summed E-state index contributed by atoms with van der Waals surface area (Å²) in [7, 11) is 1.94. The van der Waals surface area contributed by atoms with Gasteiger partial charge in [0.25, 0.3) is 0 Å². The molecule has 0 fully saturated rings. The van der Waals surface area contributed by atoms with Crippen molar-refractivity contribution in [2.24, 2.45) is 7.05 Å². The molecule has 0 spiro atoms. The average molecular weight is 447 g/mol. The van der Waals surface area contributed by atoms with Gasteiger partial charge in [-0.05, 0) is 31.2 Å². The van der Waals surface area contributed by atoms with Crippen molar-refractivity contribution in [2.45, 2.75) is 17.8 Å². The van der Waals surface area contributed by atoms with Crippen LogP contribution < -0.4 is 0 Å². The van der Waals surface area contributed by atoms with Gasteiger partial charge in [0.2, 0.25) is 0 Å². The molecule has 4 nitrogen and oxygen atoms in total. The lowest BCUT2D eigenvalue weighted by Gasteiger charge is -2.04. The monoisotopic (exact) mass is 446 g/mol. The highest BCUT2D eigenvalue weighted by molar-refractivity contribution is 7.98. The molecular formula is C20H16Cl2N4S2. The number of benzene rings is 2. The van der Waals surface area contributed by atoms with Crippen molar-refractivity contribution in [1.29, 1.82) is 0 Å². The van der Waals surface area contributed by atoms with Gasteiger partial charge in [-0.1, -0.05) is 58.7 Å². The lowest BCUT2D eigenvalue weighted by molar-refractivity contribution is 0.793. The van der Waals surface area contributed by atoms with Crippen molar-refractivity contribution >= 4 is 46.3 Å². The van der Waals surface area contributed by atoms with Gasteiger partial charge in [-0.3, -0.25) is 0 Å². The Morgan fingerprint density at radius 1 is 1.04 bits per heavy atom. The lowest BCUT2D eigenvalue weighted by Crippen LogP contribution is -1.95. The van der Waals surface area contributed by atoms with E-state index in [0.29, 0.717) is 10.0 Å². The number of halogens is 2. The highest BCUT2D eigenvalue weighted by Crippen LogP contribution is 2.31. The molecule has 0 bridgehead atoms. The van der Waals surface area contributed by atoms with Crippen molar-refractivity contribution in [3.8, 4) is 22.0 Å². The molecule has 0 radical (unpaired) electrons. The number of aryl methyl sites for hydroxylation is 1. The normalized spacial score (nSPS) is 11.1. The molecule has 0 aliphatic carbocycles. The molecule has 28 heavy (non-hydrogen) atoms. The van der Waals surface area contributed by atoms with E-state index in [4.69, 9.17) is 28.2 Å². The molecule has 4 aromatic rings. The van der Waals surface area contributed by atoms with E-state index in [-0.39, 0.29) is 0 Å². The van der Waals surface area contributed by atoms with Gasteiger partial charge >= 0.3 is 0 Å². The molecule has 2 heterocycles. The van der Waals surface area contributed by atoms with Crippen LogP contribution in [0.25, 0.3) is 22.0 Å². The minimum Gasteiger partial charge on any atom is -0.305 e. The topological polar surface area (TPSA) is 43.6 Å². The first-order chi connectivity index (χ1) is 13.5. The second-order valence-corrected chi connectivity index (χ2v) is 8.91. The maximum atomic E-state index is 6.12. The fourth-order valence-corrected chi connectivity index (χ4v) is 4.77. The van der Waals surface area contributed by atoms with Crippen LogP contribution in [0.3, 0.4) is 0 Å². The second-order valence-electron chi connectivity index (χ2n) is 6.30. The Hall–Kier alpha value is -1.86. The van der Waals surface area contributed by atoms with Crippen LogP contribution in [0.15, 0.2) is 53.0 Å². The van der Waals surface area contributed by atoms with E-state index in [0.717, 1.165) is 38.6 Å². The van der Waals surface area contributed by atoms with Crippen LogP contribution in [0.4, 0.5) is 0 Å². The van der Waals surface area contributed by atoms with Crippen LogP contribution in [-0.4, -0.2) is 19.7 Å². The van der Waals surface area contributed by atoms with Gasteiger partial charge in [0.05, 0.1) is 15.7 Å². The van der Waals surface area contributed by atoms with Crippen molar-refractivity contribution in [3.05, 3.63) is 69.1 Å². The van der Waals surface area contributed by atoms with Crippen LogP contribution in [0, 0.1) is 6.92 Å². The van der Waals surface area contributed by atoms with Gasteiger partial charge < -0.3 is 4.57 Å². The second kappa shape index (κ2) is 8.25. The number of thioether (sulfide) groups is 1. The largest absolute Gasteiger partial charge is 0.305 e. The fraction of sp³-hybridized carbons (Fsp3) is 0.150. The van der Waals surface area contributed by atoms with Gasteiger partial charge in [-0.25, -0.2) is 4.98 Å². The standard InChI is InChI=1S/C20H16Cl2N4S2/c1-12-4-3-5-14(8-12)19-23-15(10-27-19)11-28-20-25-24-18(26(20)2)13-6-7-16(21)17(22)9-13/h3-10H,11H2,1-2H3. The molecule has 0 aliphatic rings. The zero-order valence-electron chi connectivity index (χ0n) is 15.2. The van der Waals surface area contributed by atoms with E-state index in [1.165, 1.54) is 5.56 Å². The molecule has 4 rings (SSSR count). The summed E-state index contributed by atoms with van der Waals surface area (Å²) in [6, 6.07) is 13.9. The summed E-state index contributed by atoms with van der Waals surface area (Å²) in [6.45, 7) is 2.09. The first-order valence-corrected chi connectivity index (χ1v) is 11.1. The maximum Gasteiger partial charge on any atom is 0.191 e.